The van der Waals surface area contributed by atoms with Crippen molar-refractivity contribution in [2.45, 2.75) is 84.6 Å². The van der Waals surface area contributed by atoms with Gasteiger partial charge in [0.25, 0.3) is 5.56 Å². The average molecular weight is 443 g/mol. The normalized spacial score (nSPS) is 21.6. The van der Waals surface area contributed by atoms with Crippen molar-refractivity contribution in [2.75, 3.05) is 6.61 Å². The summed E-state index contributed by atoms with van der Waals surface area (Å²) in [6.45, 7) is 10.7. The topological polar surface area (TPSA) is 115 Å². The Morgan fingerprint density at radius 3 is 2.26 bits per heavy atom. The number of nitrogens with zero attached hydrogens (tertiary/aromatic N) is 2. The second-order valence-corrected chi connectivity index (χ2v) is 9.28. The van der Waals surface area contributed by atoms with Gasteiger partial charge >= 0.3 is 17.9 Å². The molecule has 1 aliphatic heterocycles. The molecule has 0 N–H and O–H groups in total. The molecule has 2 rings (SSSR count). The van der Waals surface area contributed by atoms with Crippen LogP contribution in [0.1, 0.15) is 59.8 Å². The van der Waals surface area contributed by atoms with Gasteiger partial charge in [0.15, 0.2) is 0 Å². The van der Waals surface area contributed by atoms with Crippen molar-refractivity contribution < 1.29 is 32.9 Å². The second-order valence-electron chi connectivity index (χ2n) is 9.28. The molecule has 0 aliphatic carbocycles. The zero-order valence-corrected chi connectivity index (χ0v) is 18.8. The number of alkyl halides is 1. The summed E-state index contributed by atoms with van der Waals surface area (Å²) in [7, 11) is 0. The van der Waals surface area contributed by atoms with Crippen LogP contribution in [0.3, 0.4) is 0 Å². The number of carbonyl (C=O) groups excluding carboxylic acids is 2. The van der Waals surface area contributed by atoms with E-state index in [0.717, 1.165) is 4.57 Å². The highest BCUT2D eigenvalue weighted by Gasteiger charge is 2.39. The quantitative estimate of drug-likeness (QED) is 0.655. The van der Waals surface area contributed by atoms with Crippen molar-refractivity contribution in [1.29, 1.82) is 0 Å². The van der Waals surface area contributed by atoms with E-state index in [1.165, 1.54) is 13.1 Å². The number of ether oxygens (including phenoxy) is 4. The van der Waals surface area contributed by atoms with Crippen LogP contribution in [0.15, 0.2) is 15.8 Å². The molecule has 0 saturated carbocycles. The first-order valence-electron chi connectivity index (χ1n) is 9.82. The molecule has 11 heteroatoms. The highest BCUT2D eigenvalue weighted by atomic mass is 18.2. The van der Waals surface area contributed by atoms with Crippen molar-refractivity contribution in [3.05, 3.63) is 32.6 Å². The Morgan fingerprint density at radius 1 is 1.13 bits per heavy atom. The Hall–Kier alpha value is -2.69. The lowest BCUT2D eigenvalue weighted by Crippen LogP contribution is -2.47. The van der Waals surface area contributed by atoms with Gasteiger partial charge in [0.05, 0.1) is 0 Å². The molecular weight excluding hydrogens is 414 g/mol. The summed E-state index contributed by atoms with van der Waals surface area (Å²) >= 11 is 0. The summed E-state index contributed by atoms with van der Waals surface area (Å²) < 4.78 is 36.3. The van der Waals surface area contributed by atoms with Gasteiger partial charge in [0.2, 0.25) is 0 Å². The Balaban J connectivity index is 2.22. The highest BCUT2D eigenvalue weighted by Crippen LogP contribution is 2.30. The molecule has 1 fully saturated rings. The number of rotatable bonds is 3. The minimum absolute atomic E-state index is 0.0675. The third-order valence-electron chi connectivity index (χ3n) is 4.09. The van der Waals surface area contributed by atoms with E-state index in [0.29, 0.717) is 4.57 Å². The van der Waals surface area contributed by atoms with Crippen LogP contribution in [-0.4, -0.2) is 51.5 Å². The van der Waals surface area contributed by atoms with Crippen LogP contribution in [-0.2, 0) is 18.9 Å². The van der Waals surface area contributed by atoms with Crippen LogP contribution < -0.4 is 11.2 Å². The van der Waals surface area contributed by atoms with E-state index in [2.05, 4.69) is 0 Å². The first-order valence-corrected chi connectivity index (χ1v) is 9.82. The van der Waals surface area contributed by atoms with E-state index < -0.39 is 59.8 Å². The van der Waals surface area contributed by atoms with Crippen molar-refractivity contribution in [3.63, 3.8) is 0 Å². The molecule has 174 valence electrons. The molecule has 0 amide bonds. The van der Waals surface area contributed by atoms with Crippen LogP contribution in [0.25, 0.3) is 0 Å². The Morgan fingerprint density at radius 2 is 1.71 bits per heavy atom. The standard InChI is InChI=1S/C20H29FN2O8/c1-11-9-22(16(25)23(15(11)24)17(26)30-19(2,3)4)14-8-12(21)13(29-14)10-28-18(27)31-20(5,6)7/h9,12-14H,8,10H2,1-7H3/t12-,13+,14?/m0/s1/i21-1. The predicted octanol–water partition coefficient (Wildman–Crippen LogP) is 2.68. The summed E-state index contributed by atoms with van der Waals surface area (Å²) in [6, 6.07) is 0. The summed E-state index contributed by atoms with van der Waals surface area (Å²) in [4.78, 5) is 49.2. The maximum atomic E-state index is 14.5. The third-order valence-corrected chi connectivity index (χ3v) is 4.09. The van der Waals surface area contributed by atoms with E-state index >= 15 is 0 Å². The number of aromatic nitrogens is 2. The largest absolute Gasteiger partial charge is 0.508 e. The summed E-state index contributed by atoms with van der Waals surface area (Å²) in [6.07, 6.45) is -4.97. The van der Waals surface area contributed by atoms with Crippen LogP contribution in [0, 0.1) is 6.92 Å². The van der Waals surface area contributed by atoms with Gasteiger partial charge in [-0.25, -0.2) is 18.8 Å². The number of hydrogen-bond donors (Lipinski definition) is 0. The minimum Gasteiger partial charge on any atom is -0.443 e. The molecule has 1 aromatic heterocycles. The van der Waals surface area contributed by atoms with Crippen molar-refractivity contribution in [1.82, 2.24) is 9.13 Å². The van der Waals surface area contributed by atoms with Crippen LogP contribution in [0.4, 0.5) is 14.0 Å². The SMILES string of the molecule is Cc1cn(C2C[C@H]([18F])[C@@H](COC(=O)OC(C)(C)C)O2)c(=O)n(C(=O)OC(C)(C)C)c1=O. The molecule has 0 bridgehead atoms. The Labute approximate surface area is 178 Å². The fourth-order valence-corrected chi connectivity index (χ4v) is 2.81. The fraction of sp³-hybridized carbons (Fsp3) is 0.700. The summed E-state index contributed by atoms with van der Waals surface area (Å²) in [5, 5.41) is 0. The monoisotopic (exact) mass is 443 g/mol. The van der Waals surface area contributed by atoms with Crippen molar-refractivity contribution in [2.24, 2.45) is 0 Å². The molecule has 0 radical (unpaired) electrons. The lowest BCUT2D eigenvalue weighted by Gasteiger charge is -2.21. The maximum absolute atomic E-state index is 14.5. The number of hydrogen-bond acceptors (Lipinski definition) is 8. The molecule has 31 heavy (non-hydrogen) atoms. The molecule has 1 aromatic rings. The van der Waals surface area contributed by atoms with Gasteiger partial charge in [-0.15, -0.1) is 0 Å². The van der Waals surface area contributed by atoms with E-state index in [1.807, 2.05) is 0 Å². The van der Waals surface area contributed by atoms with Gasteiger partial charge in [-0.3, -0.25) is 9.36 Å². The first-order chi connectivity index (χ1) is 14.1. The molecular formula is C20H29FN2O8. The van der Waals surface area contributed by atoms with Crippen LogP contribution >= 0.6 is 0 Å². The average Bonchev–Trinajstić information content (AvgIpc) is 2.94. The van der Waals surface area contributed by atoms with Crippen LogP contribution in [0.5, 0.6) is 0 Å². The number of carbonyl (C=O) groups is 2. The maximum Gasteiger partial charge on any atom is 0.508 e. The van der Waals surface area contributed by atoms with E-state index in [1.54, 1.807) is 41.5 Å². The van der Waals surface area contributed by atoms with E-state index in [4.69, 9.17) is 18.9 Å². The zero-order valence-electron chi connectivity index (χ0n) is 18.8. The molecule has 2 heterocycles. The Kier molecular flexibility index (Phi) is 6.99. The van der Waals surface area contributed by atoms with Gasteiger partial charge in [-0.1, -0.05) is 0 Å². The van der Waals surface area contributed by atoms with E-state index in [-0.39, 0.29) is 12.0 Å². The van der Waals surface area contributed by atoms with E-state index in [9.17, 15) is 23.6 Å². The fourth-order valence-electron chi connectivity index (χ4n) is 2.81. The third kappa shape index (κ3) is 6.39. The predicted molar refractivity (Wildman–Crippen MR) is 107 cm³/mol. The molecule has 3 atom stereocenters. The zero-order chi connectivity index (χ0) is 23.7. The molecule has 0 spiro atoms. The van der Waals surface area contributed by atoms with Gasteiger partial charge < -0.3 is 18.9 Å². The lowest BCUT2D eigenvalue weighted by molar-refractivity contribution is -0.0626. The first kappa shape index (κ1) is 24.6. The van der Waals surface area contributed by atoms with Crippen LogP contribution in [0.2, 0.25) is 0 Å². The Bertz CT molecular complexity index is 954. The smallest absolute Gasteiger partial charge is 0.443 e. The minimum atomic E-state index is -1.55. The van der Waals surface area contributed by atoms with Gasteiger partial charge in [0.1, 0.15) is 36.3 Å². The van der Waals surface area contributed by atoms with Gasteiger partial charge in [-0.2, -0.15) is 4.57 Å². The van der Waals surface area contributed by atoms with Gasteiger partial charge in [-0.05, 0) is 48.5 Å². The lowest BCUT2D eigenvalue weighted by atomic mass is 10.2. The molecule has 1 unspecified atom stereocenters. The highest BCUT2D eigenvalue weighted by molar-refractivity contribution is 5.70. The summed E-state index contributed by atoms with van der Waals surface area (Å²) in [5.74, 6) is 0. The van der Waals surface area contributed by atoms with Gasteiger partial charge in [0, 0.05) is 18.2 Å². The molecule has 1 saturated heterocycles. The number of halogens is 1. The van der Waals surface area contributed by atoms with Crippen molar-refractivity contribution in [3.8, 4) is 0 Å². The summed E-state index contributed by atoms with van der Waals surface area (Å²) in [5.41, 5.74) is -3.50. The molecule has 0 aromatic carbocycles. The molecule has 10 nitrogen and oxygen atoms in total. The molecule has 1 aliphatic rings. The number of aryl methyl sites for hydroxylation is 1. The second kappa shape index (κ2) is 8.81. The van der Waals surface area contributed by atoms with Crippen molar-refractivity contribution >= 4 is 12.2 Å².